The van der Waals surface area contributed by atoms with Crippen LogP contribution in [0.2, 0.25) is 0 Å². The second kappa shape index (κ2) is 9.87. The second-order valence-electron chi connectivity index (χ2n) is 8.54. The van der Waals surface area contributed by atoms with Gasteiger partial charge in [0.05, 0.1) is 25.1 Å². The van der Waals surface area contributed by atoms with E-state index >= 15 is 0 Å². The molecule has 2 aliphatic heterocycles. The van der Waals surface area contributed by atoms with Crippen molar-refractivity contribution in [1.29, 1.82) is 0 Å². The molecule has 0 radical (unpaired) electrons. The maximum atomic E-state index is 5.49. The van der Waals surface area contributed by atoms with Crippen molar-refractivity contribution in [1.82, 2.24) is 24.7 Å². The van der Waals surface area contributed by atoms with Gasteiger partial charge < -0.3 is 15.0 Å². The maximum Gasteiger partial charge on any atom is 0.146 e. The Morgan fingerprint density at radius 1 is 1.03 bits per heavy atom. The van der Waals surface area contributed by atoms with Crippen LogP contribution < -0.4 is 5.32 Å². The number of thiophene rings is 1. The molecule has 7 nitrogen and oxygen atoms in total. The summed E-state index contributed by atoms with van der Waals surface area (Å²) in [7, 11) is 0. The summed E-state index contributed by atoms with van der Waals surface area (Å²) in [6, 6.07) is 0.483. The standard InChI is InChI=1S/C22H36N6OS/c1-5-26-6-8-28(9-7-26)16(2)14-23-21-20-17(3)18(4)30-22(20)25-19(24-21)15-27-10-12-29-13-11-27/h16H,5-15H2,1-4H3,(H,23,24,25). The third-order valence-electron chi connectivity index (χ3n) is 6.59. The van der Waals surface area contributed by atoms with Crippen LogP contribution in [0.25, 0.3) is 10.2 Å². The average molecular weight is 433 g/mol. The summed E-state index contributed by atoms with van der Waals surface area (Å²) in [4.78, 5) is 19.8. The Morgan fingerprint density at radius 2 is 1.77 bits per heavy atom. The van der Waals surface area contributed by atoms with Gasteiger partial charge in [0.15, 0.2) is 0 Å². The fraction of sp³-hybridized carbons (Fsp3) is 0.727. The third kappa shape index (κ3) is 4.94. The lowest BCUT2D eigenvalue weighted by Crippen LogP contribution is -2.51. The number of anilines is 1. The minimum Gasteiger partial charge on any atom is -0.379 e. The zero-order valence-corrected chi connectivity index (χ0v) is 19.7. The van der Waals surface area contributed by atoms with Crippen molar-refractivity contribution < 1.29 is 4.74 Å². The summed E-state index contributed by atoms with van der Waals surface area (Å²) < 4.78 is 5.49. The van der Waals surface area contributed by atoms with Gasteiger partial charge in [0.2, 0.25) is 0 Å². The van der Waals surface area contributed by atoms with Crippen molar-refractivity contribution in [2.24, 2.45) is 0 Å². The van der Waals surface area contributed by atoms with Gasteiger partial charge in [-0.25, -0.2) is 9.97 Å². The molecular weight excluding hydrogens is 396 g/mol. The van der Waals surface area contributed by atoms with E-state index in [1.54, 1.807) is 11.3 Å². The number of hydrogen-bond acceptors (Lipinski definition) is 8. The summed E-state index contributed by atoms with van der Waals surface area (Å²) in [5.41, 5.74) is 1.31. The van der Waals surface area contributed by atoms with Gasteiger partial charge in [-0.1, -0.05) is 6.92 Å². The molecule has 0 amide bonds. The highest BCUT2D eigenvalue weighted by molar-refractivity contribution is 7.18. The fourth-order valence-corrected chi connectivity index (χ4v) is 5.39. The summed E-state index contributed by atoms with van der Waals surface area (Å²) in [5.74, 6) is 1.92. The molecule has 0 spiro atoms. The number of aromatic nitrogens is 2. The summed E-state index contributed by atoms with van der Waals surface area (Å²) in [6.07, 6.45) is 0. The first-order valence-electron chi connectivity index (χ1n) is 11.3. The topological polar surface area (TPSA) is 56.8 Å². The van der Waals surface area contributed by atoms with E-state index in [1.165, 1.54) is 28.9 Å². The Morgan fingerprint density at radius 3 is 2.47 bits per heavy atom. The van der Waals surface area contributed by atoms with Crippen LogP contribution in [0.5, 0.6) is 0 Å². The van der Waals surface area contributed by atoms with Crippen LogP contribution in [0, 0.1) is 13.8 Å². The van der Waals surface area contributed by atoms with Gasteiger partial charge in [-0.15, -0.1) is 11.3 Å². The molecule has 4 heterocycles. The van der Waals surface area contributed by atoms with E-state index in [4.69, 9.17) is 14.7 Å². The van der Waals surface area contributed by atoms with Crippen LogP contribution in [0.15, 0.2) is 0 Å². The quantitative estimate of drug-likeness (QED) is 0.722. The van der Waals surface area contributed by atoms with E-state index in [0.717, 1.165) is 75.5 Å². The van der Waals surface area contributed by atoms with Crippen molar-refractivity contribution >= 4 is 27.4 Å². The van der Waals surface area contributed by atoms with Crippen LogP contribution in [0.3, 0.4) is 0 Å². The van der Waals surface area contributed by atoms with E-state index < -0.39 is 0 Å². The normalized spacial score (nSPS) is 20.7. The minimum atomic E-state index is 0.483. The molecular formula is C22H36N6OS. The SMILES string of the molecule is CCN1CCN(C(C)CNc2nc(CN3CCOCC3)nc3sc(C)c(C)c23)CC1. The number of hydrogen-bond donors (Lipinski definition) is 1. The van der Waals surface area contributed by atoms with E-state index in [9.17, 15) is 0 Å². The Balaban J connectivity index is 1.48. The Bertz CT molecular complexity index is 842. The predicted molar refractivity (Wildman–Crippen MR) is 125 cm³/mol. The first kappa shape index (κ1) is 21.9. The smallest absolute Gasteiger partial charge is 0.146 e. The van der Waals surface area contributed by atoms with E-state index in [-0.39, 0.29) is 0 Å². The molecule has 0 bridgehead atoms. The molecule has 2 aliphatic rings. The van der Waals surface area contributed by atoms with Gasteiger partial charge in [-0.05, 0) is 32.9 Å². The number of rotatable bonds is 7. The number of nitrogens with zero attached hydrogens (tertiary/aromatic N) is 5. The van der Waals surface area contributed by atoms with E-state index in [1.807, 2.05) is 0 Å². The Labute approximate surface area is 184 Å². The lowest BCUT2D eigenvalue weighted by molar-refractivity contribution is 0.0331. The predicted octanol–water partition coefficient (Wildman–Crippen LogP) is 2.58. The number of ether oxygens (including phenoxy) is 1. The monoisotopic (exact) mass is 432 g/mol. The van der Waals surface area contributed by atoms with Crippen molar-refractivity contribution in [3.63, 3.8) is 0 Å². The Hall–Kier alpha value is -1.32. The molecule has 30 heavy (non-hydrogen) atoms. The molecule has 2 aromatic rings. The van der Waals surface area contributed by atoms with Crippen LogP contribution in [0.4, 0.5) is 5.82 Å². The molecule has 4 rings (SSSR count). The lowest BCUT2D eigenvalue weighted by atomic mass is 10.2. The van der Waals surface area contributed by atoms with Crippen LogP contribution in [-0.2, 0) is 11.3 Å². The average Bonchev–Trinajstić information content (AvgIpc) is 3.06. The number of morpholine rings is 1. The van der Waals surface area contributed by atoms with Crippen molar-refractivity contribution in [2.45, 2.75) is 40.3 Å². The van der Waals surface area contributed by atoms with Gasteiger partial charge in [0.25, 0.3) is 0 Å². The van der Waals surface area contributed by atoms with Gasteiger partial charge in [-0.3, -0.25) is 9.80 Å². The van der Waals surface area contributed by atoms with E-state index in [2.05, 4.69) is 47.7 Å². The number of nitrogens with one attached hydrogen (secondary N) is 1. The molecule has 0 saturated carbocycles. The highest BCUT2D eigenvalue weighted by atomic mass is 32.1. The highest BCUT2D eigenvalue weighted by Crippen LogP contribution is 2.33. The molecule has 0 aromatic carbocycles. The number of aryl methyl sites for hydroxylation is 2. The van der Waals surface area contributed by atoms with Crippen LogP contribution >= 0.6 is 11.3 Å². The second-order valence-corrected chi connectivity index (χ2v) is 9.74. The summed E-state index contributed by atoms with van der Waals surface area (Å²) in [6.45, 7) is 19.9. The largest absolute Gasteiger partial charge is 0.379 e. The van der Waals surface area contributed by atoms with E-state index in [0.29, 0.717) is 6.04 Å². The van der Waals surface area contributed by atoms with Gasteiger partial charge >= 0.3 is 0 Å². The molecule has 2 aromatic heterocycles. The van der Waals surface area contributed by atoms with Gasteiger partial charge in [-0.2, -0.15) is 0 Å². The molecule has 1 N–H and O–H groups in total. The van der Waals surface area contributed by atoms with Crippen LogP contribution in [-0.4, -0.2) is 96.3 Å². The molecule has 0 aliphatic carbocycles. The lowest BCUT2D eigenvalue weighted by Gasteiger charge is -2.37. The minimum absolute atomic E-state index is 0.483. The summed E-state index contributed by atoms with van der Waals surface area (Å²) in [5, 5.41) is 4.90. The zero-order chi connectivity index (χ0) is 21.1. The number of piperazine rings is 1. The number of fused-ring (bicyclic) bond motifs is 1. The molecule has 8 heteroatoms. The van der Waals surface area contributed by atoms with Gasteiger partial charge in [0.1, 0.15) is 16.5 Å². The zero-order valence-electron chi connectivity index (χ0n) is 18.9. The molecule has 2 saturated heterocycles. The molecule has 166 valence electrons. The van der Waals surface area contributed by atoms with Crippen molar-refractivity contribution in [3.8, 4) is 0 Å². The number of likely N-dealkylation sites (N-methyl/N-ethyl adjacent to an activating group) is 1. The first-order chi connectivity index (χ1) is 14.5. The summed E-state index contributed by atoms with van der Waals surface area (Å²) >= 11 is 1.78. The van der Waals surface area contributed by atoms with Crippen molar-refractivity contribution in [2.75, 3.05) is 70.9 Å². The molecule has 1 unspecified atom stereocenters. The first-order valence-corrected chi connectivity index (χ1v) is 12.1. The van der Waals surface area contributed by atoms with Crippen LogP contribution in [0.1, 0.15) is 30.1 Å². The molecule has 2 fully saturated rings. The Kier molecular flexibility index (Phi) is 7.20. The third-order valence-corrected chi connectivity index (χ3v) is 7.69. The highest BCUT2D eigenvalue weighted by Gasteiger charge is 2.22. The van der Waals surface area contributed by atoms with Gasteiger partial charge in [0, 0.05) is 56.7 Å². The maximum absolute atomic E-state index is 5.49. The van der Waals surface area contributed by atoms with Crippen molar-refractivity contribution in [3.05, 3.63) is 16.3 Å². The molecule has 1 atom stereocenters. The fourth-order valence-electron chi connectivity index (χ4n) is 4.35.